The minimum Gasteiger partial charge on any atom is -0.491 e. The fraction of sp³-hybridized carbons (Fsp3) is 0.250. The highest BCUT2D eigenvalue weighted by Gasteiger charge is 2.47. The number of nitrogens with one attached hydrogen (secondary N) is 2. The number of urea groups is 1. The van der Waals surface area contributed by atoms with Gasteiger partial charge in [0.05, 0.1) is 12.3 Å². The molecule has 3 aromatic carbocycles. The highest BCUT2D eigenvalue weighted by molar-refractivity contribution is 9.10. The minimum absolute atomic E-state index is 0.0843. The minimum atomic E-state index is -1.28. The Balaban J connectivity index is 1.60. The molecule has 4 rings (SSSR count). The summed E-state index contributed by atoms with van der Waals surface area (Å²) < 4.78 is 20.4. The van der Waals surface area contributed by atoms with Gasteiger partial charge in [0.1, 0.15) is 36.4 Å². The zero-order chi connectivity index (χ0) is 28.1. The molecule has 39 heavy (non-hydrogen) atoms. The summed E-state index contributed by atoms with van der Waals surface area (Å²) in [6.07, 6.45) is -1.03. The normalized spacial score (nSPS) is 17.4. The molecule has 0 bridgehead atoms. The highest BCUT2D eigenvalue weighted by Crippen LogP contribution is 2.32. The van der Waals surface area contributed by atoms with Crippen molar-refractivity contribution in [2.75, 3.05) is 18.5 Å². The Morgan fingerprint density at radius 1 is 1.13 bits per heavy atom. The summed E-state index contributed by atoms with van der Waals surface area (Å²) in [6.45, 7) is 1.16. The first kappa shape index (κ1) is 28.2. The van der Waals surface area contributed by atoms with Gasteiger partial charge < -0.3 is 25.6 Å². The molecule has 9 nitrogen and oxygen atoms in total. The molecule has 204 valence electrons. The summed E-state index contributed by atoms with van der Waals surface area (Å²) in [6, 6.07) is 16.3. The molecule has 0 saturated carbocycles. The number of rotatable bonds is 10. The third-order valence-corrected chi connectivity index (χ3v) is 6.87. The molecule has 1 heterocycles. The summed E-state index contributed by atoms with van der Waals surface area (Å²) >= 11 is 3.18. The maximum Gasteiger partial charge on any atom is 0.325 e. The number of halogens is 2. The van der Waals surface area contributed by atoms with Crippen molar-refractivity contribution in [3.05, 3.63) is 94.2 Å². The lowest BCUT2D eigenvalue weighted by Gasteiger charge is -2.30. The van der Waals surface area contributed by atoms with Crippen LogP contribution in [-0.4, -0.2) is 58.3 Å². The molecular weight excluding hydrogens is 573 g/mol. The van der Waals surface area contributed by atoms with Gasteiger partial charge in [0.2, 0.25) is 5.91 Å². The van der Waals surface area contributed by atoms with E-state index in [-0.39, 0.29) is 12.3 Å². The van der Waals surface area contributed by atoms with Crippen LogP contribution in [0.5, 0.6) is 5.75 Å². The molecule has 1 aliphatic heterocycles. The second kappa shape index (κ2) is 12.4. The van der Waals surface area contributed by atoms with Crippen LogP contribution in [0.1, 0.15) is 30.0 Å². The Morgan fingerprint density at radius 3 is 2.46 bits per heavy atom. The third kappa shape index (κ3) is 6.44. The number of carbonyl (C=O) groups excluding carboxylic acids is 3. The van der Waals surface area contributed by atoms with Gasteiger partial charge in [-0.25, -0.2) is 14.1 Å². The van der Waals surface area contributed by atoms with Crippen LogP contribution >= 0.6 is 15.9 Å². The second-order valence-electron chi connectivity index (χ2n) is 9.06. The molecule has 1 aliphatic rings. The van der Waals surface area contributed by atoms with Gasteiger partial charge in [-0.3, -0.25) is 9.59 Å². The molecule has 4 amide bonds. The van der Waals surface area contributed by atoms with Crippen LogP contribution in [0.4, 0.5) is 14.9 Å². The lowest BCUT2D eigenvalue weighted by molar-refractivity contribution is -0.134. The van der Waals surface area contributed by atoms with Crippen molar-refractivity contribution in [2.45, 2.75) is 31.0 Å². The van der Waals surface area contributed by atoms with E-state index in [1.807, 2.05) is 6.07 Å². The fourth-order valence-electron chi connectivity index (χ4n) is 4.29. The quantitative estimate of drug-likeness (QED) is 0.263. The fourth-order valence-corrected chi connectivity index (χ4v) is 4.62. The number of aliphatic hydroxyl groups excluding tert-OH is 2. The van der Waals surface area contributed by atoms with Gasteiger partial charge in [-0.05, 0) is 41.5 Å². The summed E-state index contributed by atoms with van der Waals surface area (Å²) in [4.78, 5) is 41.2. The van der Waals surface area contributed by atoms with Gasteiger partial charge in [0.15, 0.2) is 0 Å². The number of benzene rings is 3. The first-order chi connectivity index (χ1) is 18.7. The van der Waals surface area contributed by atoms with Crippen LogP contribution in [0.15, 0.2) is 77.3 Å². The molecule has 3 aromatic rings. The molecular formula is C28H27BrFN3O6. The van der Waals surface area contributed by atoms with E-state index in [2.05, 4.69) is 26.6 Å². The molecule has 0 radical (unpaired) electrons. The van der Waals surface area contributed by atoms with Crippen LogP contribution in [0.25, 0.3) is 0 Å². The van der Waals surface area contributed by atoms with Gasteiger partial charge >= 0.3 is 6.03 Å². The first-order valence-corrected chi connectivity index (χ1v) is 12.9. The predicted octanol–water partition coefficient (Wildman–Crippen LogP) is 3.72. The Labute approximate surface area is 232 Å². The molecule has 0 aliphatic carbocycles. The predicted molar refractivity (Wildman–Crippen MR) is 145 cm³/mol. The molecule has 0 spiro atoms. The van der Waals surface area contributed by atoms with Crippen molar-refractivity contribution in [2.24, 2.45) is 0 Å². The molecule has 4 N–H and O–H groups in total. The van der Waals surface area contributed by atoms with E-state index in [1.165, 1.54) is 12.1 Å². The highest BCUT2D eigenvalue weighted by atomic mass is 79.9. The van der Waals surface area contributed by atoms with E-state index in [9.17, 15) is 23.9 Å². The monoisotopic (exact) mass is 599 g/mol. The number of anilines is 1. The summed E-state index contributed by atoms with van der Waals surface area (Å²) in [5.41, 5.74) is 1.08. The SMILES string of the molecule is C[C@@H](c1ccccc1)[C@@H](C(=O)Nc1ccc(Br)cc1F)N1C(=O)N[C@H](c2ccc(OC[C@@H](O)CO)cc2)C1=O. The topological polar surface area (TPSA) is 128 Å². The van der Waals surface area contributed by atoms with Crippen LogP contribution in [0.3, 0.4) is 0 Å². The van der Waals surface area contributed by atoms with Crippen LogP contribution in [-0.2, 0) is 9.59 Å². The van der Waals surface area contributed by atoms with Crippen molar-refractivity contribution in [1.29, 1.82) is 0 Å². The number of nitrogens with zero attached hydrogens (tertiary/aromatic N) is 1. The van der Waals surface area contributed by atoms with Crippen molar-refractivity contribution in [3.63, 3.8) is 0 Å². The van der Waals surface area contributed by atoms with E-state index in [0.29, 0.717) is 21.3 Å². The number of hydrogen-bond acceptors (Lipinski definition) is 6. The molecule has 0 aromatic heterocycles. The van der Waals surface area contributed by atoms with E-state index < -0.39 is 54.4 Å². The largest absolute Gasteiger partial charge is 0.491 e. The molecule has 4 atom stereocenters. The van der Waals surface area contributed by atoms with Gasteiger partial charge in [-0.15, -0.1) is 0 Å². The van der Waals surface area contributed by atoms with Crippen molar-refractivity contribution < 1.29 is 33.7 Å². The van der Waals surface area contributed by atoms with Crippen LogP contribution in [0, 0.1) is 5.82 Å². The van der Waals surface area contributed by atoms with Crippen molar-refractivity contribution >= 4 is 39.5 Å². The number of amides is 4. The van der Waals surface area contributed by atoms with Crippen LogP contribution in [0.2, 0.25) is 0 Å². The number of aliphatic hydroxyl groups is 2. The summed E-state index contributed by atoms with van der Waals surface area (Å²) in [7, 11) is 0. The van der Waals surface area contributed by atoms with Crippen molar-refractivity contribution in [1.82, 2.24) is 10.2 Å². The maximum absolute atomic E-state index is 14.5. The smallest absolute Gasteiger partial charge is 0.325 e. The average molecular weight is 600 g/mol. The van der Waals surface area contributed by atoms with E-state index in [1.54, 1.807) is 61.5 Å². The zero-order valence-corrected chi connectivity index (χ0v) is 22.5. The Bertz CT molecular complexity index is 1340. The van der Waals surface area contributed by atoms with Crippen LogP contribution < -0.4 is 15.4 Å². The number of ether oxygens (including phenoxy) is 1. The standard InChI is InChI=1S/C28H27BrFN3O6/c1-16(17-5-3-2-4-6-17)25(26(36)31-23-12-9-19(29)13-22(23)30)33-27(37)24(32-28(33)38)18-7-10-21(11-8-18)39-15-20(35)14-34/h2-13,16,20,24-25,34-35H,14-15H2,1H3,(H,31,36)(H,32,38)/t16-,20-,24+,25-/m0/s1. The first-order valence-electron chi connectivity index (χ1n) is 12.2. The lowest BCUT2D eigenvalue weighted by atomic mass is 9.91. The molecule has 1 saturated heterocycles. The number of imide groups is 1. The summed E-state index contributed by atoms with van der Waals surface area (Å²) in [5.74, 6) is -2.25. The number of hydrogen-bond donors (Lipinski definition) is 4. The van der Waals surface area contributed by atoms with E-state index in [4.69, 9.17) is 9.84 Å². The van der Waals surface area contributed by atoms with Gasteiger partial charge in [0.25, 0.3) is 5.91 Å². The second-order valence-corrected chi connectivity index (χ2v) is 9.98. The molecule has 1 fully saturated rings. The third-order valence-electron chi connectivity index (χ3n) is 6.37. The number of carbonyl (C=O) groups is 3. The molecule has 0 unspecified atom stereocenters. The van der Waals surface area contributed by atoms with E-state index in [0.717, 1.165) is 4.90 Å². The van der Waals surface area contributed by atoms with Crippen molar-refractivity contribution in [3.8, 4) is 5.75 Å². The van der Waals surface area contributed by atoms with Gasteiger partial charge in [-0.2, -0.15) is 0 Å². The van der Waals surface area contributed by atoms with Gasteiger partial charge in [0, 0.05) is 10.4 Å². The summed E-state index contributed by atoms with van der Waals surface area (Å²) in [5, 5.41) is 23.5. The molecule has 11 heteroatoms. The Morgan fingerprint density at radius 2 is 1.82 bits per heavy atom. The van der Waals surface area contributed by atoms with Gasteiger partial charge in [-0.1, -0.05) is 65.3 Å². The Hall–Kier alpha value is -3.80. The Kier molecular flexibility index (Phi) is 8.95. The van der Waals surface area contributed by atoms with E-state index >= 15 is 0 Å². The zero-order valence-electron chi connectivity index (χ0n) is 20.9. The lowest BCUT2D eigenvalue weighted by Crippen LogP contribution is -2.50. The average Bonchev–Trinajstić information content (AvgIpc) is 3.23. The maximum atomic E-state index is 14.5.